The minimum absolute atomic E-state index is 0.00815. The molecule has 0 aliphatic carbocycles. The van der Waals surface area contributed by atoms with Gasteiger partial charge < -0.3 is 5.32 Å². The molecule has 4 heterocycles. The van der Waals surface area contributed by atoms with E-state index in [0.717, 1.165) is 6.07 Å². The highest BCUT2D eigenvalue weighted by Crippen LogP contribution is 2.31. The van der Waals surface area contributed by atoms with E-state index in [2.05, 4.69) is 25.4 Å². The first-order valence-corrected chi connectivity index (χ1v) is 8.58. The van der Waals surface area contributed by atoms with E-state index in [9.17, 15) is 17.6 Å². The molecule has 4 rings (SSSR count). The van der Waals surface area contributed by atoms with E-state index in [4.69, 9.17) is 0 Å². The maximum Gasteiger partial charge on any atom is 0.433 e. The summed E-state index contributed by atoms with van der Waals surface area (Å²) in [4.78, 5) is 11.9. The van der Waals surface area contributed by atoms with Crippen LogP contribution in [0.5, 0.6) is 0 Å². The molecule has 0 amide bonds. The predicted octanol–water partition coefficient (Wildman–Crippen LogP) is 4.98. The first-order valence-electron chi connectivity index (χ1n) is 8.58. The molecule has 0 aromatic carbocycles. The molecular weight excluding hydrogens is 388 g/mol. The minimum atomic E-state index is -4.59. The van der Waals surface area contributed by atoms with E-state index in [1.807, 2.05) is 0 Å². The fourth-order valence-electron chi connectivity index (χ4n) is 2.82. The Morgan fingerprint density at radius 3 is 2.66 bits per heavy atom. The fraction of sp³-hybridized carbons (Fsp3) is 0.158. The molecule has 0 aliphatic heterocycles. The molecule has 6 nitrogen and oxygen atoms in total. The number of pyridine rings is 2. The Balaban J connectivity index is 1.82. The first-order chi connectivity index (χ1) is 13.8. The van der Waals surface area contributed by atoms with Gasteiger partial charge in [0, 0.05) is 29.8 Å². The molecule has 10 heteroatoms. The van der Waals surface area contributed by atoms with Crippen molar-refractivity contribution in [3.8, 4) is 11.5 Å². The van der Waals surface area contributed by atoms with Crippen LogP contribution >= 0.6 is 0 Å². The highest BCUT2D eigenvalue weighted by atomic mass is 19.4. The summed E-state index contributed by atoms with van der Waals surface area (Å²) in [5, 5.41) is 7.27. The summed E-state index contributed by atoms with van der Waals surface area (Å²) in [6.45, 7) is 1.38. The Kier molecular flexibility index (Phi) is 4.61. The number of hydrogen-bond acceptors (Lipinski definition) is 5. The van der Waals surface area contributed by atoms with Crippen molar-refractivity contribution in [3.05, 3.63) is 66.2 Å². The number of anilines is 2. The number of hydrogen-bond donors (Lipinski definition) is 1. The lowest BCUT2D eigenvalue weighted by Gasteiger charge is -2.14. The Hall–Kier alpha value is -3.56. The second-order valence-electron chi connectivity index (χ2n) is 6.23. The molecule has 29 heavy (non-hydrogen) atoms. The normalized spacial score (nSPS) is 12.9. The van der Waals surface area contributed by atoms with Crippen LogP contribution in [0.3, 0.4) is 0 Å². The number of aromatic nitrogens is 5. The molecule has 0 saturated carbocycles. The lowest BCUT2D eigenvalue weighted by Crippen LogP contribution is -2.10. The van der Waals surface area contributed by atoms with Crippen LogP contribution in [0.1, 0.15) is 24.4 Å². The third kappa shape index (κ3) is 3.73. The molecular formula is C19H14F4N6. The Bertz CT molecular complexity index is 1170. The van der Waals surface area contributed by atoms with Gasteiger partial charge in [-0.15, -0.1) is 5.10 Å². The summed E-state index contributed by atoms with van der Waals surface area (Å²) in [6.07, 6.45) is -1.33. The molecule has 1 N–H and O–H groups in total. The Morgan fingerprint density at radius 1 is 1.07 bits per heavy atom. The summed E-state index contributed by atoms with van der Waals surface area (Å²) in [5.74, 6) is 0.290. The van der Waals surface area contributed by atoms with Crippen molar-refractivity contribution in [2.75, 3.05) is 5.32 Å². The third-order valence-corrected chi connectivity index (χ3v) is 4.19. The van der Waals surface area contributed by atoms with Gasteiger partial charge in [-0.25, -0.2) is 18.9 Å². The van der Waals surface area contributed by atoms with E-state index >= 15 is 0 Å². The van der Waals surface area contributed by atoms with Gasteiger partial charge >= 0.3 is 6.18 Å². The van der Waals surface area contributed by atoms with Gasteiger partial charge in [-0.05, 0) is 37.3 Å². The molecule has 0 aliphatic rings. The van der Waals surface area contributed by atoms with Crippen LogP contribution in [0.25, 0.3) is 17.0 Å². The summed E-state index contributed by atoms with van der Waals surface area (Å²) in [7, 11) is 0. The maximum atomic E-state index is 13.9. The number of alkyl halides is 4. The highest BCUT2D eigenvalue weighted by Gasteiger charge is 2.32. The molecule has 4 aromatic rings. The number of halogens is 4. The number of rotatable bonds is 4. The van der Waals surface area contributed by atoms with E-state index in [0.29, 0.717) is 22.6 Å². The van der Waals surface area contributed by atoms with Crippen LogP contribution < -0.4 is 5.32 Å². The monoisotopic (exact) mass is 402 g/mol. The molecule has 0 saturated heterocycles. The van der Waals surface area contributed by atoms with Gasteiger partial charge in [-0.2, -0.15) is 13.2 Å². The average molecular weight is 402 g/mol. The van der Waals surface area contributed by atoms with Crippen LogP contribution in [0.15, 0.2) is 55.0 Å². The van der Waals surface area contributed by atoms with E-state index in [-0.39, 0.29) is 11.5 Å². The number of nitrogens with one attached hydrogen (secondary N) is 1. The summed E-state index contributed by atoms with van der Waals surface area (Å²) >= 11 is 0. The van der Waals surface area contributed by atoms with Crippen molar-refractivity contribution in [1.29, 1.82) is 0 Å². The highest BCUT2D eigenvalue weighted by molar-refractivity contribution is 5.75. The standard InChI is InChI=1S/C19H14F4N6/c1-11(20)12-10-24-8-7-13(12)26-18-15-5-3-9-29(15)28-17(27-18)14-4-2-6-16(25-14)19(21,22)23/h2-11H,1H3,(H,24,26,27,28). The van der Waals surface area contributed by atoms with Gasteiger partial charge in [0.05, 0.1) is 0 Å². The van der Waals surface area contributed by atoms with Crippen LogP contribution in [-0.2, 0) is 6.18 Å². The van der Waals surface area contributed by atoms with Crippen LogP contribution in [0, 0.1) is 0 Å². The second kappa shape index (κ2) is 7.12. The molecule has 0 spiro atoms. The quantitative estimate of drug-likeness (QED) is 0.488. The average Bonchev–Trinajstić information content (AvgIpc) is 3.17. The Labute approximate surface area is 162 Å². The Morgan fingerprint density at radius 2 is 1.90 bits per heavy atom. The van der Waals surface area contributed by atoms with Gasteiger partial charge in [0.2, 0.25) is 5.82 Å². The summed E-state index contributed by atoms with van der Waals surface area (Å²) in [6, 6.07) is 8.55. The van der Waals surface area contributed by atoms with E-state index < -0.39 is 18.0 Å². The van der Waals surface area contributed by atoms with Gasteiger partial charge in [0.15, 0.2) is 5.82 Å². The number of nitrogens with zero attached hydrogens (tertiary/aromatic N) is 5. The van der Waals surface area contributed by atoms with Gasteiger partial charge in [0.25, 0.3) is 0 Å². The molecule has 0 fully saturated rings. The SMILES string of the molecule is CC(F)c1cnccc1Nc1nc(-c2cccc(C(F)(F)F)n2)nn2cccc12. The van der Waals surface area contributed by atoms with Crippen LogP contribution in [0.2, 0.25) is 0 Å². The van der Waals surface area contributed by atoms with Crippen molar-refractivity contribution in [3.63, 3.8) is 0 Å². The molecule has 1 atom stereocenters. The lowest BCUT2D eigenvalue weighted by atomic mass is 10.1. The summed E-state index contributed by atoms with van der Waals surface area (Å²) < 4.78 is 54.4. The van der Waals surface area contributed by atoms with Crippen LogP contribution in [-0.4, -0.2) is 24.6 Å². The molecule has 0 radical (unpaired) electrons. The minimum Gasteiger partial charge on any atom is -0.338 e. The molecule has 4 aromatic heterocycles. The zero-order valence-corrected chi connectivity index (χ0v) is 15.0. The van der Waals surface area contributed by atoms with Crippen molar-refractivity contribution in [2.45, 2.75) is 19.3 Å². The van der Waals surface area contributed by atoms with E-state index in [1.165, 1.54) is 36.0 Å². The van der Waals surface area contributed by atoms with Gasteiger partial charge in [-0.1, -0.05) is 6.07 Å². The fourth-order valence-corrected chi connectivity index (χ4v) is 2.82. The topological polar surface area (TPSA) is 68.0 Å². The molecule has 148 valence electrons. The van der Waals surface area contributed by atoms with Gasteiger partial charge in [-0.3, -0.25) is 4.98 Å². The van der Waals surface area contributed by atoms with Crippen molar-refractivity contribution in [1.82, 2.24) is 24.6 Å². The molecule has 1 unspecified atom stereocenters. The van der Waals surface area contributed by atoms with E-state index in [1.54, 1.807) is 24.4 Å². The maximum absolute atomic E-state index is 13.9. The second-order valence-corrected chi connectivity index (χ2v) is 6.23. The zero-order chi connectivity index (χ0) is 20.6. The first kappa shape index (κ1) is 18.8. The van der Waals surface area contributed by atoms with Gasteiger partial charge in [0.1, 0.15) is 23.1 Å². The largest absolute Gasteiger partial charge is 0.433 e. The van der Waals surface area contributed by atoms with Crippen molar-refractivity contribution >= 4 is 17.0 Å². The van der Waals surface area contributed by atoms with Crippen LogP contribution in [0.4, 0.5) is 29.1 Å². The summed E-state index contributed by atoms with van der Waals surface area (Å²) in [5.41, 5.74) is 0.264. The lowest BCUT2D eigenvalue weighted by molar-refractivity contribution is -0.141. The number of fused-ring (bicyclic) bond motifs is 1. The van der Waals surface area contributed by atoms with Crippen molar-refractivity contribution in [2.24, 2.45) is 0 Å². The predicted molar refractivity (Wildman–Crippen MR) is 98.3 cm³/mol. The molecule has 0 bridgehead atoms. The smallest absolute Gasteiger partial charge is 0.338 e. The third-order valence-electron chi connectivity index (χ3n) is 4.19. The zero-order valence-electron chi connectivity index (χ0n) is 15.0. The van der Waals surface area contributed by atoms with Crippen molar-refractivity contribution < 1.29 is 17.6 Å².